The smallest absolute Gasteiger partial charge is 0.227 e. The number of benzene rings is 2. The molecule has 0 spiro atoms. The van der Waals surface area contributed by atoms with Crippen LogP contribution in [0.5, 0.6) is 0 Å². The number of primary amides is 1. The zero-order valence-electron chi connectivity index (χ0n) is 12.3. The lowest BCUT2D eigenvalue weighted by Crippen LogP contribution is -2.13. The van der Waals surface area contributed by atoms with Gasteiger partial charge < -0.3 is 11.1 Å². The van der Waals surface area contributed by atoms with Crippen molar-refractivity contribution in [3.8, 4) is 0 Å². The van der Waals surface area contributed by atoms with Crippen LogP contribution in [0.15, 0.2) is 47.4 Å². The minimum atomic E-state index is -0.302. The molecule has 0 bridgehead atoms. The number of anilines is 1. The molecule has 2 rings (SSSR count). The molecule has 0 heterocycles. The first-order valence-electron chi connectivity index (χ1n) is 6.86. The van der Waals surface area contributed by atoms with E-state index in [1.54, 1.807) is 0 Å². The fourth-order valence-corrected chi connectivity index (χ4v) is 3.02. The fraction of sp³-hybridized carbons (Fsp3) is 0.235. The molecule has 0 aliphatic carbocycles. The first-order valence-corrected chi connectivity index (χ1v) is 7.84. The molecule has 3 N–H and O–H groups in total. The summed E-state index contributed by atoms with van der Waals surface area (Å²) in [5.41, 5.74) is 10.0. The van der Waals surface area contributed by atoms with Crippen molar-refractivity contribution in [2.24, 2.45) is 5.73 Å². The van der Waals surface area contributed by atoms with Gasteiger partial charge in [-0.2, -0.15) is 0 Å². The second kappa shape index (κ2) is 7.18. The molecule has 21 heavy (non-hydrogen) atoms. The molecule has 4 heteroatoms. The van der Waals surface area contributed by atoms with Crippen LogP contribution in [0.2, 0.25) is 0 Å². The molecule has 3 nitrogen and oxygen atoms in total. The number of nitrogens with one attached hydrogen (secondary N) is 1. The molecular formula is C17H20N2OS. The van der Waals surface area contributed by atoms with Gasteiger partial charge in [-0.1, -0.05) is 41.5 Å². The highest BCUT2D eigenvalue weighted by Gasteiger charge is 2.04. The highest BCUT2D eigenvalue weighted by atomic mass is 32.2. The van der Waals surface area contributed by atoms with Gasteiger partial charge in [0.25, 0.3) is 0 Å². The number of hydrogen-bond donors (Lipinski definition) is 2. The number of rotatable bonds is 6. The quantitative estimate of drug-likeness (QED) is 0.803. The van der Waals surface area contributed by atoms with E-state index >= 15 is 0 Å². The van der Waals surface area contributed by atoms with E-state index in [0.29, 0.717) is 5.75 Å². The number of amides is 1. The van der Waals surface area contributed by atoms with Crippen molar-refractivity contribution in [2.45, 2.75) is 25.3 Å². The predicted molar refractivity (Wildman–Crippen MR) is 89.6 cm³/mol. The maximum atomic E-state index is 10.9. The maximum Gasteiger partial charge on any atom is 0.227 e. The molecule has 2 aromatic rings. The van der Waals surface area contributed by atoms with Crippen molar-refractivity contribution in [1.29, 1.82) is 0 Å². The van der Waals surface area contributed by atoms with Gasteiger partial charge in [0, 0.05) is 17.1 Å². The van der Waals surface area contributed by atoms with Gasteiger partial charge in [0.2, 0.25) is 5.91 Å². The van der Waals surface area contributed by atoms with E-state index in [1.807, 2.05) is 24.3 Å². The third kappa shape index (κ3) is 4.83. The number of aryl methyl sites for hydroxylation is 2. The summed E-state index contributed by atoms with van der Waals surface area (Å²) >= 11 is 1.46. The summed E-state index contributed by atoms with van der Waals surface area (Å²) in [5.74, 6) is -0.00785. The van der Waals surface area contributed by atoms with Crippen LogP contribution in [0.1, 0.15) is 16.7 Å². The second-order valence-electron chi connectivity index (χ2n) is 5.10. The van der Waals surface area contributed by atoms with Crippen LogP contribution in [-0.2, 0) is 11.3 Å². The number of nitrogens with two attached hydrogens (primary N) is 1. The molecule has 0 radical (unpaired) electrons. The van der Waals surface area contributed by atoms with Crippen molar-refractivity contribution in [2.75, 3.05) is 11.1 Å². The summed E-state index contributed by atoms with van der Waals surface area (Å²) in [6.07, 6.45) is 0. The van der Waals surface area contributed by atoms with Crippen LogP contribution in [0, 0.1) is 13.8 Å². The maximum absolute atomic E-state index is 10.9. The SMILES string of the molecule is Cc1cc(C)cc(CNc2ccccc2SCC(N)=O)c1. The third-order valence-corrected chi connectivity index (χ3v) is 4.12. The monoisotopic (exact) mass is 300 g/mol. The number of carbonyl (C=O) groups excluding carboxylic acids is 1. The summed E-state index contributed by atoms with van der Waals surface area (Å²) in [7, 11) is 0. The Morgan fingerprint density at radius 2 is 1.81 bits per heavy atom. The molecule has 0 unspecified atom stereocenters. The highest BCUT2D eigenvalue weighted by Crippen LogP contribution is 2.27. The summed E-state index contributed by atoms with van der Waals surface area (Å²) in [5, 5.41) is 3.43. The Balaban J connectivity index is 2.07. The summed E-state index contributed by atoms with van der Waals surface area (Å²) < 4.78 is 0. The van der Waals surface area contributed by atoms with Gasteiger partial charge in [0.15, 0.2) is 0 Å². The van der Waals surface area contributed by atoms with E-state index < -0.39 is 0 Å². The van der Waals surface area contributed by atoms with Crippen LogP contribution in [0.25, 0.3) is 0 Å². The van der Waals surface area contributed by atoms with Crippen LogP contribution in [0.3, 0.4) is 0 Å². The minimum Gasteiger partial charge on any atom is -0.380 e. The number of para-hydroxylation sites is 1. The van der Waals surface area contributed by atoms with Gasteiger partial charge in [-0.25, -0.2) is 0 Å². The first kappa shape index (κ1) is 15.4. The predicted octanol–water partition coefficient (Wildman–Crippen LogP) is 3.49. The van der Waals surface area contributed by atoms with Crippen LogP contribution < -0.4 is 11.1 Å². The molecule has 0 saturated heterocycles. The third-order valence-electron chi connectivity index (χ3n) is 3.02. The Morgan fingerprint density at radius 3 is 2.48 bits per heavy atom. The first-order chi connectivity index (χ1) is 10.0. The van der Waals surface area contributed by atoms with Crippen molar-refractivity contribution in [3.05, 3.63) is 59.2 Å². The highest BCUT2D eigenvalue weighted by molar-refractivity contribution is 8.00. The molecule has 0 aliphatic rings. The van der Waals surface area contributed by atoms with Gasteiger partial charge in [-0.05, 0) is 31.5 Å². The number of thioether (sulfide) groups is 1. The standard InChI is InChI=1S/C17H20N2OS/c1-12-7-13(2)9-14(8-12)10-19-15-5-3-4-6-16(15)21-11-17(18)20/h3-9,19H,10-11H2,1-2H3,(H2,18,20). The molecule has 0 saturated carbocycles. The van der Waals surface area contributed by atoms with Gasteiger partial charge in [-0.15, -0.1) is 11.8 Å². The molecule has 2 aromatic carbocycles. The van der Waals surface area contributed by atoms with Gasteiger partial charge >= 0.3 is 0 Å². The van der Waals surface area contributed by atoms with Gasteiger partial charge in [-0.3, -0.25) is 4.79 Å². The Hall–Kier alpha value is -1.94. The lowest BCUT2D eigenvalue weighted by atomic mass is 10.1. The molecule has 1 amide bonds. The average Bonchev–Trinajstić information content (AvgIpc) is 2.42. The molecule has 0 atom stereocenters. The second-order valence-corrected chi connectivity index (χ2v) is 6.12. The summed E-state index contributed by atoms with van der Waals surface area (Å²) in [4.78, 5) is 12.0. The molecule has 0 aliphatic heterocycles. The normalized spacial score (nSPS) is 10.4. The van der Waals surface area contributed by atoms with Crippen LogP contribution in [-0.4, -0.2) is 11.7 Å². The Morgan fingerprint density at radius 1 is 1.14 bits per heavy atom. The fourth-order valence-electron chi connectivity index (χ4n) is 2.26. The van der Waals surface area contributed by atoms with Crippen molar-refractivity contribution in [3.63, 3.8) is 0 Å². The van der Waals surface area contributed by atoms with Crippen molar-refractivity contribution < 1.29 is 4.79 Å². The van der Waals surface area contributed by atoms with Gasteiger partial charge in [0.1, 0.15) is 0 Å². The van der Waals surface area contributed by atoms with E-state index in [1.165, 1.54) is 28.5 Å². The molecule has 0 fully saturated rings. The van der Waals surface area contributed by atoms with Crippen molar-refractivity contribution >= 4 is 23.4 Å². The zero-order valence-corrected chi connectivity index (χ0v) is 13.2. The molecule has 110 valence electrons. The van der Waals surface area contributed by atoms with E-state index in [2.05, 4.69) is 37.4 Å². The summed E-state index contributed by atoms with van der Waals surface area (Å²) in [6.45, 7) is 4.97. The molecule has 0 aromatic heterocycles. The molecular weight excluding hydrogens is 280 g/mol. The Labute approximate surface area is 129 Å². The van der Waals surface area contributed by atoms with Crippen LogP contribution in [0.4, 0.5) is 5.69 Å². The Bertz CT molecular complexity index is 620. The van der Waals surface area contributed by atoms with Crippen LogP contribution >= 0.6 is 11.8 Å². The lowest BCUT2D eigenvalue weighted by Gasteiger charge is -2.12. The number of hydrogen-bond acceptors (Lipinski definition) is 3. The average molecular weight is 300 g/mol. The number of carbonyl (C=O) groups is 1. The van der Waals surface area contributed by atoms with E-state index in [-0.39, 0.29) is 5.91 Å². The van der Waals surface area contributed by atoms with Crippen molar-refractivity contribution in [1.82, 2.24) is 0 Å². The summed E-state index contributed by atoms with van der Waals surface area (Å²) in [6, 6.07) is 14.5. The Kier molecular flexibility index (Phi) is 5.28. The van der Waals surface area contributed by atoms with E-state index in [9.17, 15) is 4.79 Å². The van der Waals surface area contributed by atoms with E-state index in [0.717, 1.165) is 17.1 Å². The van der Waals surface area contributed by atoms with E-state index in [4.69, 9.17) is 5.73 Å². The lowest BCUT2D eigenvalue weighted by molar-refractivity contribution is -0.115. The largest absolute Gasteiger partial charge is 0.380 e. The zero-order chi connectivity index (χ0) is 15.2. The minimum absolute atomic E-state index is 0.294. The van der Waals surface area contributed by atoms with Gasteiger partial charge in [0.05, 0.1) is 5.75 Å². The topological polar surface area (TPSA) is 55.1 Å².